The number of hydrogen-bond acceptors (Lipinski definition) is 2. The molecule has 3 heteroatoms. The third-order valence-corrected chi connectivity index (χ3v) is 2.76. The van der Waals surface area contributed by atoms with E-state index < -0.39 is 0 Å². The van der Waals surface area contributed by atoms with Gasteiger partial charge in [-0.3, -0.25) is 4.98 Å². The van der Waals surface area contributed by atoms with Gasteiger partial charge in [-0.05, 0) is 30.7 Å². The van der Waals surface area contributed by atoms with Crippen LogP contribution >= 0.6 is 0 Å². The van der Waals surface area contributed by atoms with Gasteiger partial charge in [-0.25, -0.2) is 4.39 Å². The summed E-state index contributed by atoms with van der Waals surface area (Å²) in [6.07, 6.45) is 4.44. The van der Waals surface area contributed by atoms with E-state index in [9.17, 15) is 4.39 Å². The molecule has 0 saturated heterocycles. The summed E-state index contributed by atoms with van der Waals surface area (Å²) < 4.78 is 14.0. The van der Waals surface area contributed by atoms with Crippen LogP contribution in [0.3, 0.4) is 0 Å². The number of nitrogens with zero attached hydrogens (tertiary/aromatic N) is 1. The molecule has 0 aliphatic heterocycles. The lowest BCUT2D eigenvalue weighted by molar-refractivity contribution is 0.622. The highest BCUT2D eigenvalue weighted by Crippen LogP contribution is 2.22. The van der Waals surface area contributed by atoms with Gasteiger partial charge in [0.15, 0.2) is 0 Å². The molecule has 18 heavy (non-hydrogen) atoms. The summed E-state index contributed by atoms with van der Waals surface area (Å²) in [6, 6.07) is 9.03. The molecule has 0 saturated carbocycles. The van der Waals surface area contributed by atoms with Crippen LogP contribution in [-0.2, 0) is 6.54 Å². The molecule has 2 rings (SSSR count). The van der Waals surface area contributed by atoms with Crippen molar-refractivity contribution in [1.82, 2.24) is 10.3 Å². The maximum Gasteiger partial charge on any atom is 0.131 e. The predicted molar refractivity (Wildman–Crippen MR) is 71.6 cm³/mol. The van der Waals surface area contributed by atoms with Gasteiger partial charge in [0.25, 0.3) is 0 Å². The van der Waals surface area contributed by atoms with Crippen LogP contribution in [0.5, 0.6) is 0 Å². The van der Waals surface area contributed by atoms with E-state index in [1.165, 1.54) is 0 Å². The molecule has 2 nitrogen and oxygen atoms in total. The molecule has 0 spiro atoms. The van der Waals surface area contributed by atoms with Crippen molar-refractivity contribution in [2.45, 2.75) is 19.9 Å². The molecular formula is C15H17FN2. The monoisotopic (exact) mass is 244 g/mol. The Bertz CT molecular complexity index is 497. The van der Waals surface area contributed by atoms with Gasteiger partial charge >= 0.3 is 0 Å². The van der Waals surface area contributed by atoms with Crippen LogP contribution in [0, 0.1) is 5.82 Å². The Kier molecular flexibility index (Phi) is 4.42. The van der Waals surface area contributed by atoms with E-state index in [2.05, 4.69) is 17.2 Å². The summed E-state index contributed by atoms with van der Waals surface area (Å²) in [5.41, 5.74) is 2.37. The van der Waals surface area contributed by atoms with Crippen LogP contribution in [0.25, 0.3) is 11.1 Å². The molecule has 94 valence electrons. The van der Waals surface area contributed by atoms with E-state index in [0.29, 0.717) is 12.1 Å². The fourth-order valence-corrected chi connectivity index (χ4v) is 1.83. The van der Waals surface area contributed by atoms with Gasteiger partial charge in [-0.1, -0.05) is 25.1 Å². The minimum Gasteiger partial charge on any atom is -0.313 e. The first-order chi connectivity index (χ1) is 8.81. The standard InChI is InChI=1S/C15H17FN2/c1-2-7-17-10-12-5-6-14(15(16)9-12)13-4-3-8-18-11-13/h3-6,8-9,11,17H,2,7,10H2,1H3. The van der Waals surface area contributed by atoms with Crippen molar-refractivity contribution in [3.05, 3.63) is 54.1 Å². The molecule has 0 aliphatic carbocycles. The van der Waals surface area contributed by atoms with Crippen LogP contribution in [-0.4, -0.2) is 11.5 Å². The number of aromatic nitrogens is 1. The fraction of sp³-hybridized carbons (Fsp3) is 0.267. The zero-order valence-corrected chi connectivity index (χ0v) is 10.5. The van der Waals surface area contributed by atoms with E-state index in [1.807, 2.05) is 24.3 Å². The van der Waals surface area contributed by atoms with Gasteiger partial charge < -0.3 is 5.32 Å². The van der Waals surface area contributed by atoms with Crippen molar-refractivity contribution in [2.75, 3.05) is 6.54 Å². The number of hydrogen-bond donors (Lipinski definition) is 1. The normalized spacial score (nSPS) is 10.6. The summed E-state index contributed by atoms with van der Waals surface area (Å²) in [7, 11) is 0. The average Bonchev–Trinajstić information content (AvgIpc) is 2.40. The minimum atomic E-state index is -0.196. The summed E-state index contributed by atoms with van der Waals surface area (Å²) in [4.78, 5) is 4.01. The number of nitrogens with one attached hydrogen (secondary N) is 1. The molecule has 0 radical (unpaired) electrons. The van der Waals surface area contributed by atoms with Gasteiger partial charge in [0.05, 0.1) is 0 Å². The second-order valence-corrected chi connectivity index (χ2v) is 4.23. The molecule has 1 aromatic heterocycles. The Morgan fingerprint density at radius 1 is 1.28 bits per heavy atom. The zero-order chi connectivity index (χ0) is 12.8. The molecule has 1 aromatic carbocycles. The van der Waals surface area contributed by atoms with Crippen LogP contribution in [0.15, 0.2) is 42.7 Å². The number of halogens is 1. The lowest BCUT2D eigenvalue weighted by Crippen LogP contribution is -2.13. The summed E-state index contributed by atoms with van der Waals surface area (Å²) in [5.74, 6) is -0.196. The van der Waals surface area contributed by atoms with Gasteiger partial charge in [0, 0.05) is 30.1 Å². The molecule has 2 aromatic rings. The second kappa shape index (κ2) is 6.26. The van der Waals surface area contributed by atoms with Crippen LogP contribution in [0.2, 0.25) is 0 Å². The highest BCUT2D eigenvalue weighted by Gasteiger charge is 2.05. The fourth-order valence-electron chi connectivity index (χ4n) is 1.83. The van der Waals surface area contributed by atoms with Crippen molar-refractivity contribution in [2.24, 2.45) is 0 Å². The first-order valence-corrected chi connectivity index (χ1v) is 6.21. The smallest absolute Gasteiger partial charge is 0.131 e. The lowest BCUT2D eigenvalue weighted by Gasteiger charge is -2.07. The molecule has 0 fully saturated rings. The molecule has 0 amide bonds. The van der Waals surface area contributed by atoms with Crippen LogP contribution < -0.4 is 5.32 Å². The van der Waals surface area contributed by atoms with Crippen molar-refractivity contribution < 1.29 is 4.39 Å². The minimum absolute atomic E-state index is 0.196. The van der Waals surface area contributed by atoms with E-state index in [4.69, 9.17) is 0 Å². The molecule has 0 aliphatic rings. The Hall–Kier alpha value is -1.74. The highest BCUT2D eigenvalue weighted by molar-refractivity contribution is 5.63. The molecule has 0 unspecified atom stereocenters. The van der Waals surface area contributed by atoms with Crippen molar-refractivity contribution >= 4 is 0 Å². The van der Waals surface area contributed by atoms with Crippen molar-refractivity contribution in [1.29, 1.82) is 0 Å². The molecule has 0 atom stereocenters. The third kappa shape index (κ3) is 3.14. The average molecular weight is 244 g/mol. The zero-order valence-electron chi connectivity index (χ0n) is 10.5. The summed E-state index contributed by atoms with van der Waals surface area (Å²) in [6.45, 7) is 3.77. The Labute approximate surface area is 107 Å². The second-order valence-electron chi connectivity index (χ2n) is 4.23. The number of rotatable bonds is 5. The summed E-state index contributed by atoms with van der Waals surface area (Å²) in [5, 5.41) is 3.26. The van der Waals surface area contributed by atoms with E-state index >= 15 is 0 Å². The van der Waals surface area contributed by atoms with E-state index in [-0.39, 0.29) is 5.82 Å². The SMILES string of the molecule is CCCNCc1ccc(-c2cccnc2)c(F)c1. The largest absolute Gasteiger partial charge is 0.313 e. The van der Waals surface area contributed by atoms with Gasteiger partial charge in [-0.2, -0.15) is 0 Å². The predicted octanol–water partition coefficient (Wildman–Crippen LogP) is 3.39. The molecule has 1 N–H and O–H groups in total. The maximum absolute atomic E-state index is 14.0. The molecule has 0 bridgehead atoms. The van der Waals surface area contributed by atoms with Crippen molar-refractivity contribution in [3.63, 3.8) is 0 Å². The van der Waals surface area contributed by atoms with E-state index in [0.717, 1.165) is 24.1 Å². The molecule has 1 heterocycles. The topological polar surface area (TPSA) is 24.9 Å². The Morgan fingerprint density at radius 2 is 2.17 bits per heavy atom. The first-order valence-electron chi connectivity index (χ1n) is 6.21. The molecular weight excluding hydrogens is 227 g/mol. The van der Waals surface area contributed by atoms with Gasteiger partial charge in [0.2, 0.25) is 0 Å². The summed E-state index contributed by atoms with van der Waals surface area (Å²) >= 11 is 0. The van der Waals surface area contributed by atoms with Crippen LogP contribution in [0.4, 0.5) is 4.39 Å². The highest BCUT2D eigenvalue weighted by atomic mass is 19.1. The third-order valence-electron chi connectivity index (χ3n) is 2.76. The van der Waals surface area contributed by atoms with Crippen LogP contribution in [0.1, 0.15) is 18.9 Å². The van der Waals surface area contributed by atoms with Gasteiger partial charge in [-0.15, -0.1) is 0 Å². The number of benzene rings is 1. The van der Waals surface area contributed by atoms with Crippen molar-refractivity contribution in [3.8, 4) is 11.1 Å². The Morgan fingerprint density at radius 3 is 2.83 bits per heavy atom. The Balaban J connectivity index is 2.15. The quantitative estimate of drug-likeness (QED) is 0.815. The first kappa shape index (κ1) is 12.7. The van der Waals surface area contributed by atoms with E-state index in [1.54, 1.807) is 18.5 Å². The maximum atomic E-state index is 14.0. The van der Waals surface area contributed by atoms with Gasteiger partial charge in [0.1, 0.15) is 5.82 Å². The number of pyridine rings is 1. The lowest BCUT2D eigenvalue weighted by atomic mass is 10.0.